The lowest BCUT2D eigenvalue weighted by Gasteiger charge is -2.15. The summed E-state index contributed by atoms with van der Waals surface area (Å²) >= 11 is 0. The number of hydrogen-bond acceptors (Lipinski definition) is 6. The number of allylic oxidation sites excluding steroid dienone is 8. The zero-order valence-electron chi connectivity index (χ0n) is 29.6. The van der Waals surface area contributed by atoms with Gasteiger partial charge in [-0.3, -0.25) is 9.59 Å². The first-order chi connectivity index (χ1) is 22.4. The minimum atomic E-state index is -0.822. The summed E-state index contributed by atoms with van der Waals surface area (Å²) in [7, 11) is 0. The zero-order chi connectivity index (χ0) is 33.9. The third-order valence-corrected chi connectivity index (χ3v) is 7.95. The molecule has 0 aliphatic rings. The highest BCUT2D eigenvalue weighted by Gasteiger charge is 2.16. The van der Waals surface area contributed by atoms with Crippen LogP contribution in [0.5, 0.6) is 0 Å². The van der Waals surface area contributed by atoms with Gasteiger partial charge in [-0.1, -0.05) is 152 Å². The predicted molar refractivity (Wildman–Crippen MR) is 192 cm³/mol. The molecular weight excluding hydrogens is 576 g/mol. The highest BCUT2D eigenvalue weighted by Crippen LogP contribution is 2.15. The molecule has 6 nitrogen and oxygen atoms in total. The van der Waals surface area contributed by atoms with Crippen molar-refractivity contribution < 1.29 is 29.3 Å². The van der Waals surface area contributed by atoms with Crippen LogP contribution in [0.15, 0.2) is 60.8 Å². The molecule has 2 N–H and O–H groups in total. The Hall–Kier alpha value is -2.44. The number of rotatable bonds is 31. The van der Waals surface area contributed by atoms with Crippen LogP contribution in [0, 0.1) is 5.92 Å². The second kappa shape index (κ2) is 33.9. The monoisotopic (exact) mass is 645 g/mol. The van der Waals surface area contributed by atoms with Crippen LogP contribution in [0.2, 0.25) is 0 Å². The first-order valence-electron chi connectivity index (χ1n) is 18.3. The van der Waals surface area contributed by atoms with Gasteiger partial charge in [-0.15, -0.1) is 0 Å². The standard InChI is InChI=1S/C40H68O6/c1-4-6-7-8-20-25-30-37(42)31-26-21-16-13-14-18-23-28-33-40(44)46-38(34-41)35-45-39(43)32-27-22-17-12-10-9-11-15-19-24-29-36(3)5-2/h6-7,14,16,18,20-21,25-26,31,36-38,41-42H,4-5,8-13,15,17,19,22-24,27-30,32-35H2,1-3H3/b7-6-,18-14-,21-16-,25-20-,31-26+/t36?,37?,38-/m0/s1. The molecule has 0 spiro atoms. The first-order valence-corrected chi connectivity index (χ1v) is 18.3. The van der Waals surface area contributed by atoms with Crippen LogP contribution in [0.25, 0.3) is 0 Å². The number of carbonyl (C=O) groups is 2. The average molecular weight is 645 g/mol. The number of aliphatic hydroxyl groups excluding tert-OH is 2. The van der Waals surface area contributed by atoms with E-state index in [2.05, 4.69) is 39.0 Å². The minimum absolute atomic E-state index is 0.108. The van der Waals surface area contributed by atoms with E-state index >= 15 is 0 Å². The molecule has 0 aliphatic carbocycles. The van der Waals surface area contributed by atoms with Crippen LogP contribution in [-0.2, 0) is 19.1 Å². The van der Waals surface area contributed by atoms with Crippen molar-refractivity contribution in [1.82, 2.24) is 0 Å². The maximum absolute atomic E-state index is 12.1. The molecule has 0 fully saturated rings. The number of ether oxygens (including phenoxy) is 2. The molecule has 0 saturated heterocycles. The number of aliphatic hydroxyl groups is 2. The van der Waals surface area contributed by atoms with Crippen LogP contribution in [0.1, 0.15) is 149 Å². The van der Waals surface area contributed by atoms with E-state index in [1.807, 2.05) is 36.5 Å². The molecule has 0 rings (SSSR count). The van der Waals surface area contributed by atoms with Crippen LogP contribution in [0.3, 0.4) is 0 Å². The van der Waals surface area contributed by atoms with Crippen LogP contribution in [-0.4, -0.2) is 47.6 Å². The number of unbranched alkanes of at least 4 members (excludes halogenated alkanes) is 10. The fraction of sp³-hybridized carbons (Fsp3) is 0.700. The fourth-order valence-electron chi connectivity index (χ4n) is 4.77. The Balaban J connectivity index is 3.78. The van der Waals surface area contributed by atoms with Gasteiger partial charge in [-0.05, 0) is 50.9 Å². The van der Waals surface area contributed by atoms with Crippen molar-refractivity contribution in [3.63, 3.8) is 0 Å². The molecule has 0 aromatic rings. The lowest BCUT2D eigenvalue weighted by atomic mass is 9.99. The normalized spacial score (nSPS) is 14.3. The summed E-state index contributed by atoms with van der Waals surface area (Å²) in [4.78, 5) is 24.2. The third-order valence-electron chi connectivity index (χ3n) is 7.95. The van der Waals surface area contributed by atoms with Crippen LogP contribution < -0.4 is 0 Å². The van der Waals surface area contributed by atoms with Crippen molar-refractivity contribution in [1.29, 1.82) is 0 Å². The Morgan fingerprint density at radius 1 is 0.696 bits per heavy atom. The summed E-state index contributed by atoms with van der Waals surface area (Å²) in [6, 6.07) is 0. The van der Waals surface area contributed by atoms with Crippen molar-refractivity contribution in [2.75, 3.05) is 13.2 Å². The molecule has 264 valence electrons. The average Bonchev–Trinajstić information content (AvgIpc) is 3.05. The lowest BCUT2D eigenvalue weighted by molar-refractivity contribution is -0.161. The van der Waals surface area contributed by atoms with Gasteiger partial charge in [0.2, 0.25) is 0 Å². The molecule has 0 aromatic heterocycles. The smallest absolute Gasteiger partial charge is 0.306 e. The molecule has 0 aliphatic heterocycles. The maximum atomic E-state index is 12.1. The summed E-state index contributed by atoms with van der Waals surface area (Å²) in [5, 5.41) is 19.5. The number of hydrogen-bond donors (Lipinski definition) is 2. The van der Waals surface area contributed by atoms with Crippen molar-refractivity contribution >= 4 is 11.9 Å². The molecule has 0 aromatic carbocycles. The van der Waals surface area contributed by atoms with Gasteiger partial charge in [0.15, 0.2) is 6.10 Å². The van der Waals surface area contributed by atoms with Gasteiger partial charge in [-0.2, -0.15) is 0 Å². The maximum Gasteiger partial charge on any atom is 0.306 e. The van der Waals surface area contributed by atoms with Crippen molar-refractivity contribution in [3.05, 3.63) is 60.8 Å². The van der Waals surface area contributed by atoms with Gasteiger partial charge >= 0.3 is 11.9 Å². The molecular formula is C40H68O6. The molecule has 0 saturated carbocycles. The number of carbonyl (C=O) groups excluding carboxylic acids is 2. The van der Waals surface area contributed by atoms with Crippen LogP contribution in [0.4, 0.5) is 0 Å². The molecule has 0 heterocycles. The van der Waals surface area contributed by atoms with E-state index in [4.69, 9.17) is 9.47 Å². The Kier molecular flexibility index (Phi) is 32.1. The van der Waals surface area contributed by atoms with E-state index < -0.39 is 18.2 Å². The molecule has 0 amide bonds. The van der Waals surface area contributed by atoms with Crippen molar-refractivity contribution in [2.24, 2.45) is 5.92 Å². The molecule has 6 heteroatoms. The fourth-order valence-corrected chi connectivity index (χ4v) is 4.77. The summed E-state index contributed by atoms with van der Waals surface area (Å²) in [5.74, 6) is 0.166. The van der Waals surface area contributed by atoms with E-state index in [1.54, 1.807) is 6.08 Å². The largest absolute Gasteiger partial charge is 0.462 e. The first kappa shape index (κ1) is 43.6. The van der Waals surface area contributed by atoms with Gasteiger partial charge in [0.1, 0.15) is 6.61 Å². The highest BCUT2D eigenvalue weighted by molar-refractivity contribution is 5.70. The second-order valence-corrected chi connectivity index (χ2v) is 12.4. The van der Waals surface area contributed by atoms with Crippen LogP contribution >= 0.6 is 0 Å². The van der Waals surface area contributed by atoms with Crippen molar-refractivity contribution in [3.8, 4) is 0 Å². The summed E-state index contributed by atoms with van der Waals surface area (Å²) in [6.45, 7) is 6.24. The van der Waals surface area contributed by atoms with Gasteiger partial charge in [0, 0.05) is 12.8 Å². The summed E-state index contributed by atoms with van der Waals surface area (Å²) < 4.78 is 10.5. The Labute approximate surface area is 282 Å². The Morgan fingerprint density at radius 2 is 1.30 bits per heavy atom. The molecule has 0 radical (unpaired) electrons. The third kappa shape index (κ3) is 31.5. The molecule has 2 unspecified atom stereocenters. The Morgan fingerprint density at radius 3 is 1.98 bits per heavy atom. The SMILES string of the molecule is CC/C=C\C/C=C\CC(O)/C=C/C=C\C/C=C\CCCC(=O)O[C@@H](CO)COC(=O)CCCCCCCCCCCCC(C)CC. The predicted octanol–water partition coefficient (Wildman–Crippen LogP) is 10.1. The van der Waals surface area contributed by atoms with Crippen molar-refractivity contribution in [2.45, 2.75) is 161 Å². The van der Waals surface area contributed by atoms with E-state index in [0.717, 1.165) is 50.9 Å². The van der Waals surface area contributed by atoms with E-state index in [1.165, 1.54) is 57.8 Å². The summed E-state index contributed by atoms with van der Waals surface area (Å²) in [5.41, 5.74) is 0. The topological polar surface area (TPSA) is 93.1 Å². The molecule has 3 atom stereocenters. The van der Waals surface area contributed by atoms with E-state index in [-0.39, 0.29) is 25.6 Å². The van der Waals surface area contributed by atoms with Gasteiger partial charge in [0.05, 0.1) is 12.7 Å². The van der Waals surface area contributed by atoms with Gasteiger partial charge < -0.3 is 19.7 Å². The minimum Gasteiger partial charge on any atom is -0.462 e. The molecule has 0 bridgehead atoms. The summed E-state index contributed by atoms with van der Waals surface area (Å²) in [6.07, 6.45) is 38.8. The van der Waals surface area contributed by atoms with E-state index in [9.17, 15) is 19.8 Å². The number of esters is 2. The quantitative estimate of drug-likeness (QED) is 0.0338. The molecule has 46 heavy (non-hydrogen) atoms. The van der Waals surface area contributed by atoms with E-state index in [0.29, 0.717) is 19.3 Å². The highest BCUT2D eigenvalue weighted by atomic mass is 16.6. The van der Waals surface area contributed by atoms with Gasteiger partial charge in [0.25, 0.3) is 0 Å². The lowest BCUT2D eigenvalue weighted by Crippen LogP contribution is -2.28. The second-order valence-electron chi connectivity index (χ2n) is 12.4. The van der Waals surface area contributed by atoms with Gasteiger partial charge in [-0.25, -0.2) is 0 Å². The zero-order valence-corrected chi connectivity index (χ0v) is 29.6. The Bertz CT molecular complexity index is 856.